The fraction of sp³-hybridized carbons (Fsp3) is 0.333. The zero-order valence-corrected chi connectivity index (χ0v) is 19.2. The first-order valence-electron chi connectivity index (χ1n) is 10.9. The van der Waals surface area contributed by atoms with Crippen LogP contribution in [0, 0.1) is 5.82 Å². The number of halogens is 2. The Morgan fingerprint density at radius 1 is 1.09 bits per heavy atom. The number of fused-ring (bicyclic) bond motifs is 3. The minimum absolute atomic E-state index is 0.247. The van der Waals surface area contributed by atoms with Crippen LogP contribution in [-0.4, -0.2) is 46.5 Å². The topological polar surface area (TPSA) is 71.5 Å². The maximum atomic E-state index is 14.7. The molecule has 0 fully saturated rings. The molecule has 6 nitrogen and oxygen atoms in total. The highest BCUT2D eigenvalue weighted by Crippen LogP contribution is 2.33. The molecule has 32 heavy (non-hydrogen) atoms. The first-order chi connectivity index (χ1) is 15.5. The normalized spacial score (nSPS) is 11.7. The van der Waals surface area contributed by atoms with E-state index in [1.807, 2.05) is 22.6 Å². The van der Waals surface area contributed by atoms with Crippen molar-refractivity contribution in [2.24, 2.45) is 0 Å². The molecule has 168 valence electrons. The summed E-state index contributed by atoms with van der Waals surface area (Å²) in [6.07, 6.45) is 6.34. The van der Waals surface area contributed by atoms with Crippen molar-refractivity contribution in [2.75, 3.05) is 38.2 Å². The van der Waals surface area contributed by atoms with E-state index in [1.165, 1.54) is 25.3 Å². The van der Waals surface area contributed by atoms with Gasteiger partial charge in [-0.15, -0.1) is 0 Å². The van der Waals surface area contributed by atoms with Gasteiger partial charge in [0.15, 0.2) is 0 Å². The summed E-state index contributed by atoms with van der Waals surface area (Å²) in [4.78, 5) is 11.2. The number of hydrogen-bond donors (Lipinski definition) is 2. The summed E-state index contributed by atoms with van der Waals surface area (Å²) in [5, 5.41) is 3.78. The van der Waals surface area contributed by atoms with E-state index in [0.717, 1.165) is 30.7 Å². The number of benzene rings is 2. The standard InChI is InChI=1S/C24H28ClFN6/c1-31(2)13-6-4-3-5-12-28-16-10-11-19-20(14-16)32-21(23(27)30-19)15-29-24(32)22-17(25)8-7-9-18(22)26/h7-11,14-15,28H,3-6,12-13H2,1-2H3,(H2,27,30). The van der Waals surface area contributed by atoms with Gasteiger partial charge >= 0.3 is 0 Å². The molecule has 4 rings (SSSR count). The average molecular weight is 455 g/mol. The van der Waals surface area contributed by atoms with Crippen molar-refractivity contribution in [2.45, 2.75) is 25.7 Å². The number of imidazole rings is 1. The zero-order chi connectivity index (χ0) is 22.7. The molecule has 2 aromatic carbocycles. The first-order valence-corrected chi connectivity index (χ1v) is 11.2. The van der Waals surface area contributed by atoms with Gasteiger partial charge in [-0.3, -0.25) is 4.40 Å². The molecule has 0 saturated heterocycles. The Hall–Kier alpha value is -2.90. The number of nitrogens with zero attached hydrogens (tertiary/aromatic N) is 4. The number of nitrogen functional groups attached to an aromatic ring is 1. The van der Waals surface area contributed by atoms with Crippen molar-refractivity contribution in [3.05, 3.63) is 53.4 Å². The lowest BCUT2D eigenvalue weighted by molar-refractivity contribution is 0.391. The quantitative estimate of drug-likeness (QED) is 0.329. The molecule has 8 heteroatoms. The summed E-state index contributed by atoms with van der Waals surface area (Å²) in [6, 6.07) is 10.5. The second-order valence-corrected chi connectivity index (χ2v) is 8.65. The van der Waals surface area contributed by atoms with Crippen LogP contribution < -0.4 is 11.1 Å². The predicted molar refractivity (Wildman–Crippen MR) is 131 cm³/mol. The Morgan fingerprint density at radius 2 is 1.91 bits per heavy atom. The van der Waals surface area contributed by atoms with Gasteiger partial charge in [0.25, 0.3) is 0 Å². The predicted octanol–water partition coefficient (Wildman–Crippen LogP) is 5.46. The van der Waals surface area contributed by atoms with Crippen molar-refractivity contribution in [3.8, 4) is 11.4 Å². The van der Waals surface area contributed by atoms with Crippen LogP contribution in [0.5, 0.6) is 0 Å². The van der Waals surface area contributed by atoms with Crippen LogP contribution in [0.3, 0.4) is 0 Å². The van der Waals surface area contributed by atoms with Crippen molar-refractivity contribution in [1.29, 1.82) is 0 Å². The molecule has 0 atom stereocenters. The summed E-state index contributed by atoms with van der Waals surface area (Å²) >= 11 is 6.33. The van der Waals surface area contributed by atoms with Gasteiger partial charge in [-0.1, -0.05) is 30.5 Å². The third-order valence-corrected chi connectivity index (χ3v) is 5.84. The molecular weight excluding hydrogens is 427 g/mol. The van der Waals surface area contributed by atoms with Crippen LogP contribution >= 0.6 is 11.6 Å². The van der Waals surface area contributed by atoms with Crippen LogP contribution in [0.4, 0.5) is 15.9 Å². The lowest BCUT2D eigenvalue weighted by atomic mass is 10.1. The van der Waals surface area contributed by atoms with E-state index < -0.39 is 5.82 Å². The van der Waals surface area contributed by atoms with Gasteiger partial charge in [-0.05, 0) is 63.8 Å². The molecule has 0 spiro atoms. The lowest BCUT2D eigenvalue weighted by Crippen LogP contribution is -2.12. The van der Waals surface area contributed by atoms with Crippen LogP contribution in [0.15, 0.2) is 42.6 Å². The molecule has 3 N–H and O–H groups in total. The molecule has 0 aliphatic carbocycles. The number of unbranched alkanes of at least 4 members (excludes halogenated alkanes) is 3. The largest absolute Gasteiger partial charge is 0.385 e. The molecule has 0 aliphatic heterocycles. The van der Waals surface area contributed by atoms with E-state index in [2.05, 4.69) is 34.3 Å². The Kier molecular flexibility index (Phi) is 6.77. The molecule has 2 heterocycles. The number of nitrogens with one attached hydrogen (secondary N) is 1. The van der Waals surface area contributed by atoms with Crippen LogP contribution in [-0.2, 0) is 0 Å². The SMILES string of the molecule is CN(C)CCCCCCNc1ccc2nc(N)c3cnc(-c4c(F)cccc4Cl)n3c2c1. The van der Waals surface area contributed by atoms with Gasteiger partial charge in [0.05, 0.1) is 27.8 Å². The fourth-order valence-electron chi connectivity index (χ4n) is 3.90. The maximum Gasteiger partial charge on any atom is 0.150 e. The highest BCUT2D eigenvalue weighted by atomic mass is 35.5. The molecule has 0 saturated carbocycles. The van der Waals surface area contributed by atoms with Crippen LogP contribution in [0.1, 0.15) is 25.7 Å². The summed E-state index contributed by atoms with van der Waals surface area (Å²) in [5.74, 6) is 0.305. The number of aromatic nitrogens is 3. The maximum absolute atomic E-state index is 14.7. The van der Waals surface area contributed by atoms with E-state index in [4.69, 9.17) is 17.3 Å². The van der Waals surface area contributed by atoms with Crippen molar-refractivity contribution in [3.63, 3.8) is 0 Å². The van der Waals surface area contributed by atoms with Gasteiger partial charge in [0.1, 0.15) is 23.0 Å². The minimum Gasteiger partial charge on any atom is -0.385 e. The highest BCUT2D eigenvalue weighted by molar-refractivity contribution is 6.33. The highest BCUT2D eigenvalue weighted by Gasteiger charge is 2.18. The molecule has 0 unspecified atom stereocenters. The van der Waals surface area contributed by atoms with E-state index in [1.54, 1.807) is 18.3 Å². The summed E-state index contributed by atoms with van der Waals surface area (Å²) in [7, 11) is 4.21. The monoisotopic (exact) mass is 454 g/mol. The molecule has 2 aromatic heterocycles. The van der Waals surface area contributed by atoms with Gasteiger partial charge in [-0.25, -0.2) is 14.4 Å². The van der Waals surface area contributed by atoms with E-state index >= 15 is 0 Å². The summed E-state index contributed by atoms with van der Waals surface area (Å²) in [5.41, 5.74) is 9.49. The Morgan fingerprint density at radius 3 is 2.69 bits per heavy atom. The molecule has 0 bridgehead atoms. The lowest BCUT2D eigenvalue weighted by Gasteiger charge is -2.12. The molecule has 0 radical (unpaired) electrons. The van der Waals surface area contributed by atoms with Gasteiger partial charge in [0, 0.05) is 12.2 Å². The van der Waals surface area contributed by atoms with Crippen LogP contribution in [0.25, 0.3) is 27.9 Å². The smallest absolute Gasteiger partial charge is 0.150 e. The van der Waals surface area contributed by atoms with Crippen molar-refractivity contribution >= 4 is 39.7 Å². The zero-order valence-electron chi connectivity index (χ0n) is 18.4. The fourth-order valence-corrected chi connectivity index (χ4v) is 4.15. The third-order valence-electron chi connectivity index (χ3n) is 5.53. The Bertz CT molecular complexity index is 1220. The van der Waals surface area contributed by atoms with E-state index in [-0.39, 0.29) is 5.56 Å². The molecule has 0 amide bonds. The second-order valence-electron chi connectivity index (χ2n) is 8.24. The first kappa shape index (κ1) is 22.3. The Labute approximate surface area is 192 Å². The number of hydrogen-bond acceptors (Lipinski definition) is 5. The molecule has 4 aromatic rings. The number of anilines is 2. The number of rotatable bonds is 9. The van der Waals surface area contributed by atoms with E-state index in [0.29, 0.717) is 27.7 Å². The average Bonchev–Trinajstić information content (AvgIpc) is 3.19. The Balaban J connectivity index is 1.62. The minimum atomic E-state index is -0.433. The van der Waals surface area contributed by atoms with Crippen LogP contribution in [0.2, 0.25) is 5.02 Å². The summed E-state index contributed by atoms with van der Waals surface area (Å²) < 4.78 is 16.5. The third kappa shape index (κ3) is 4.64. The molecular formula is C24H28ClFN6. The van der Waals surface area contributed by atoms with Crippen molar-refractivity contribution < 1.29 is 4.39 Å². The van der Waals surface area contributed by atoms with Crippen molar-refractivity contribution in [1.82, 2.24) is 19.3 Å². The van der Waals surface area contributed by atoms with Gasteiger partial charge in [-0.2, -0.15) is 0 Å². The van der Waals surface area contributed by atoms with Gasteiger partial charge < -0.3 is 16.0 Å². The summed E-state index contributed by atoms with van der Waals surface area (Å²) in [6.45, 7) is 2.01. The number of nitrogens with two attached hydrogens (primary N) is 1. The van der Waals surface area contributed by atoms with E-state index in [9.17, 15) is 4.39 Å². The molecule has 0 aliphatic rings. The second kappa shape index (κ2) is 9.71. The van der Waals surface area contributed by atoms with Gasteiger partial charge in [0.2, 0.25) is 0 Å².